The standard InChI is InChI=1S/C105H114O17Si/c1-103(2,3)123(83-54-34-16-35-55-83,84-56-36-17-37-57-84)114-73-91-96(111-70-79-48-28-13-29-49-79)99(113-72-81-52-32-15-33-53-81)93(108-67-76-42-22-10-23-43-76)86(117-91)59-58-82-64-90(106-65-74-38-18-8-19-39-74)92(107-66-75-40-20-9-21-41-75)85(115-82)60-61-87-94(109-68-77-44-24-11-25-45-77)98(112-71-80-50-30-14-31-51-80)95(110-69-78-46-26-12-27-47-78)88(116-87)62-63-89-97-100(120-104(4,5)119-97)101-102(118-89)122-105(6,7)121-101/h8-64,85-102H,65-73H2,1-7H3/b59-58?,61-60-,63-62-/t85-,86-,87+,88-,89+,90-,91+,92-,93-,94-,95-,96-,97-,98-,99+,100-,101+,102+/m0/s1. The molecule has 5 fully saturated rings. The molecule has 123 heavy (non-hydrogen) atoms. The average Bonchev–Trinajstić information content (AvgIpc) is 1.08. The third-order valence-electron chi connectivity index (χ3n) is 23.3. The van der Waals surface area contributed by atoms with Crippen LogP contribution in [0.15, 0.2) is 352 Å². The molecule has 0 bridgehead atoms. The van der Waals surface area contributed by atoms with E-state index < -0.39 is 130 Å². The van der Waals surface area contributed by atoms with Crippen molar-refractivity contribution in [1.29, 1.82) is 0 Å². The summed E-state index contributed by atoms with van der Waals surface area (Å²) in [6.07, 6.45) is 0.742. The fraction of sp³-hybridized carbons (Fsp3) is 0.352. The molecule has 0 aromatic heterocycles. The summed E-state index contributed by atoms with van der Waals surface area (Å²) in [7, 11) is -3.23. The largest absolute Gasteiger partial charge is 0.484 e. The summed E-state index contributed by atoms with van der Waals surface area (Å²) in [6, 6.07) is 103. The van der Waals surface area contributed by atoms with Crippen LogP contribution in [0.2, 0.25) is 5.04 Å². The number of hydrogen-bond donors (Lipinski definition) is 0. The number of allylic oxidation sites excluding steroid dienone is 1. The Morgan fingerprint density at radius 1 is 0.301 bits per heavy atom. The number of rotatable bonds is 35. The zero-order chi connectivity index (χ0) is 84.4. The van der Waals surface area contributed by atoms with Gasteiger partial charge in [0.15, 0.2) is 17.9 Å². The quantitative estimate of drug-likeness (QED) is 0.0273. The van der Waals surface area contributed by atoms with Gasteiger partial charge in [0, 0.05) is 0 Å². The summed E-state index contributed by atoms with van der Waals surface area (Å²) >= 11 is 0. The Kier molecular flexibility index (Phi) is 29.1. The van der Waals surface area contributed by atoms with Crippen LogP contribution in [0.25, 0.3) is 0 Å². The van der Waals surface area contributed by atoms with E-state index in [0.717, 1.165) is 54.9 Å². The Bertz CT molecular complexity index is 4940. The third kappa shape index (κ3) is 22.3. The van der Waals surface area contributed by atoms with Gasteiger partial charge in [0.2, 0.25) is 0 Å². The van der Waals surface area contributed by atoms with Crippen LogP contribution in [0.5, 0.6) is 0 Å². The topological polar surface area (TPSA) is 157 Å². The van der Waals surface area contributed by atoms with Crippen molar-refractivity contribution in [3.8, 4) is 0 Å². The Balaban J connectivity index is 0.813. The Hall–Kier alpha value is -9.46. The van der Waals surface area contributed by atoms with E-state index in [1.807, 2.05) is 216 Å². The van der Waals surface area contributed by atoms with Crippen molar-refractivity contribution in [2.45, 2.75) is 228 Å². The minimum absolute atomic E-state index is 0.129. The maximum absolute atomic E-state index is 7.93. The first-order valence-electron chi connectivity index (χ1n) is 43.1. The van der Waals surface area contributed by atoms with Crippen LogP contribution in [-0.4, -0.2) is 137 Å². The van der Waals surface area contributed by atoms with E-state index in [-0.39, 0.29) is 64.5 Å². The number of fused-ring (bicyclic) bond motifs is 3. The molecule has 6 aliphatic rings. The van der Waals surface area contributed by atoms with Gasteiger partial charge in [-0.25, -0.2) is 0 Å². The predicted molar refractivity (Wildman–Crippen MR) is 474 cm³/mol. The fourth-order valence-corrected chi connectivity index (χ4v) is 22.0. The van der Waals surface area contributed by atoms with Crippen LogP contribution in [0.4, 0.5) is 0 Å². The zero-order valence-corrected chi connectivity index (χ0v) is 72.1. The van der Waals surface area contributed by atoms with Crippen LogP contribution < -0.4 is 10.4 Å². The summed E-state index contributed by atoms with van der Waals surface area (Å²) in [4.78, 5) is 0. The lowest BCUT2D eigenvalue weighted by Crippen LogP contribution is -2.68. The molecule has 6 heterocycles. The van der Waals surface area contributed by atoms with E-state index in [9.17, 15) is 0 Å². The van der Waals surface area contributed by atoms with Gasteiger partial charge in [0.05, 0.1) is 59.5 Å². The number of benzene rings is 10. The second-order valence-corrected chi connectivity index (χ2v) is 38.5. The SMILES string of the molecule is CC1(C)O[C@H]2[C@@H](O1)[C@@H](/C=C\[C@@H]1O[C@H](/C=C\[C@@H]3OC(C=C[C@@H]4O[C@H](CO[Si](c5ccccc5)(c5ccccc5)C(C)(C)C)[C@H](OCc5ccccc5)[C@H](OCc5ccccc5)[C@H]4OCc4ccccc4)=C[C@H](OCc4ccccc4)[C@H]3OCc3ccccc3)[C@H](OCc3ccccc3)[C@H](OCc3ccccc3)[C@H]1OCc1ccccc1)O[C@@H]1OC(C)(C)O[C@@H]12. The van der Waals surface area contributed by atoms with Crippen molar-refractivity contribution in [3.63, 3.8) is 0 Å². The second-order valence-electron chi connectivity index (χ2n) is 34.2. The number of ether oxygens (including phenoxy) is 16. The van der Waals surface area contributed by atoms with Crippen LogP contribution in [0, 0.1) is 0 Å². The molecule has 640 valence electrons. The van der Waals surface area contributed by atoms with Gasteiger partial charge in [-0.05, 0) is 112 Å². The maximum atomic E-state index is 7.93. The highest BCUT2D eigenvalue weighted by atomic mass is 28.4. The number of hydrogen-bond acceptors (Lipinski definition) is 17. The zero-order valence-electron chi connectivity index (χ0n) is 71.1. The van der Waals surface area contributed by atoms with E-state index >= 15 is 0 Å². The van der Waals surface area contributed by atoms with E-state index in [1.165, 1.54) is 0 Å². The average molecular weight is 1680 g/mol. The summed E-state index contributed by atoms with van der Waals surface area (Å²) in [5.74, 6) is -1.41. The smallest absolute Gasteiger partial charge is 0.261 e. The molecule has 18 heteroatoms. The summed E-state index contributed by atoms with van der Waals surface area (Å²) in [5, 5.41) is 1.89. The Labute approximate surface area is 725 Å². The summed E-state index contributed by atoms with van der Waals surface area (Å²) < 4.78 is 123. The molecule has 0 amide bonds. The minimum atomic E-state index is -3.23. The van der Waals surface area contributed by atoms with Gasteiger partial charge in [-0.1, -0.05) is 342 Å². The van der Waals surface area contributed by atoms with Crippen LogP contribution >= 0.6 is 0 Å². The highest BCUT2D eigenvalue weighted by Crippen LogP contribution is 2.46. The summed E-state index contributed by atoms with van der Waals surface area (Å²) in [5.41, 5.74) is 7.78. The highest BCUT2D eigenvalue weighted by molar-refractivity contribution is 6.99. The lowest BCUT2D eigenvalue weighted by Gasteiger charge is -2.48. The lowest BCUT2D eigenvalue weighted by atomic mass is 9.91. The molecule has 17 nitrogen and oxygen atoms in total. The fourth-order valence-electron chi connectivity index (χ4n) is 17.4. The first kappa shape index (κ1) is 87.0. The minimum Gasteiger partial charge on any atom is -0.484 e. The second kappa shape index (κ2) is 41.1. The van der Waals surface area contributed by atoms with Gasteiger partial charge >= 0.3 is 0 Å². The van der Waals surface area contributed by atoms with Crippen molar-refractivity contribution >= 4 is 18.7 Å². The Morgan fingerprint density at radius 3 is 1.01 bits per heavy atom. The highest BCUT2D eigenvalue weighted by Gasteiger charge is 2.61. The molecule has 0 spiro atoms. The summed E-state index contributed by atoms with van der Waals surface area (Å²) in [6.45, 7) is 16.5. The van der Waals surface area contributed by atoms with E-state index in [4.69, 9.17) is 80.2 Å². The normalized spacial score (nSPS) is 27.5. The van der Waals surface area contributed by atoms with Crippen molar-refractivity contribution in [2.24, 2.45) is 0 Å². The van der Waals surface area contributed by atoms with E-state index in [2.05, 4.69) is 178 Å². The Morgan fingerprint density at radius 2 is 0.610 bits per heavy atom. The molecular formula is C105H114O17Si. The molecule has 6 aliphatic heterocycles. The first-order chi connectivity index (χ1) is 60.0. The molecule has 5 saturated heterocycles. The predicted octanol–water partition coefficient (Wildman–Crippen LogP) is 18.1. The molecule has 0 unspecified atom stereocenters. The van der Waals surface area contributed by atoms with Gasteiger partial charge in [0.25, 0.3) is 8.32 Å². The van der Waals surface area contributed by atoms with E-state index in [1.54, 1.807) is 0 Å². The monoisotopic (exact) mass is 1670 g/mol. The maximum Gasteiger partial charge on any atom is 0.261 e. The van der Waals surface area contributed by atoms with Crippen molar-refractivity contribution < 1.29 is 80.2 Å². The lowest BCUT2D eigenvalue weighted by molar-refractivity contribution is -0.259. The van der Waals surface area contributed by atoms with Crippen molar-refractivity contribution in [2.75, 3.05) is 6.61 Å². The third-order valence-corrected chi connectivity index (χ3v) is 28.3. The van der Waals surface area contributed by atoms with Gasteiger partial charge in [0.1, 0.15) is 110 Å². The van der Waals surface area contributed by atoms with Gasteiger partial charge in [-0.2, -0.15) is 0 Å². The molecule has 10 aromatic carbocycles. The van der Waals surface area contributed by atoms with Crippen LogP contribution in [0.1, 0.15) is 93.0 Å². The molecule has 0 saturated carbocycles. The van der Waals surface area contributed by atoms with Crippen molar-refractivity contribution in [1.82, 2.24) is 0 Å². The van der Waals surface area contributed by atoms with Crippen LogP contribution in [-0.2, 0) is 133 Å². The van der Waals surface area contributed by atoms with Gasteiger partial charge in [-0.15, -0.1) is 0 Å². The molecular weight excluding hydrogens is 1560 g/mol. The molecule has 16 rings (SSSR count). The van der Waals surface area contributed by atoms with Crippen molar-refractivity contribution in [3.05, 3.63) is 396 Å². The molecule has 0 N–H and O–H groups in total. The molecule has 0 radical (unpaired) electrons. The molecule has 18 atom stereocenters. The van der Waals surface area contributed by atoms with Gasteiger partial charge < -0.3 is 80.2 Å². The first-order valence-corrected chi connectivity index (χ1v) is 45.0. The van der Waals surface area contributed by atoms with E-state index in [0.29, 0.717) is 5.76 Å². The van der Waals surface area contributed by atoms with Gasteiger partial charge in [-0.3, -0.25) is 0 Å². The molecule has 0 aliphatic carbocycles. The molecule has 10 aromatic rings. The van der Waals surface area contributed by atoms with Crippen LogP contribution in [0.3, 0.4) is 0 Å².